The van der Waals surface area contributed by atoms with Crippen LogP contribution in [-0.4, -0.2) is 15.3 Å². The maximum Gasteiger partial charge on any atom is 0.165 e. The van der Waals surface area contributed by atoms with Gasteiger partial charge in [-0.05, 0) is 13.3 Å². The molecule has 1 aromatic carbocycles. The van der Waals surface area contributed by atoms with Crippen LogP contribution >= 0.6 is 0 Å². The first-order chi connectivity index (χ1) is 7.04. The maximum absolute atomic E-state index is 9.83. The Kier molecular flexibility index (Phi) is 3.24. The highest BCUT2D eigenvalue weighted by atomic mass is 16.3. The van der Waals surface area contributed by atoms with E-state index in [4.69, 9.17) is 0 Å². The van der Waals surface area contributed by atoms with Crippen molar-refractivity contribution < 1.29 is 15.3 Å². The van der Waals surface area contributed by atoms with Gasteiger partial charge in [-0.2, -0.15) is 0 Å². The molecule has 0 spiro atoms. The summed E-state index contributed by atoms with van der Waals surface area (Å²) in [5, 5.41) is 29.0. The average molecular weight is 208 g/mol. The standard InChI is InChI=1S/C12H16O3/c1-4-6-9-8(5-2)12(15)11(14)7(3)10(9)13/h5,13-15H,2,4,6H2,1,3H3. The minimum absolute atomic E-state index is 0.0436. The molecule has 82 valence electrons. The molecule has 0 bridgehead atoms. The lowest BCUT2D eigenvalue weighted by Crippen LogP contribution is -1.93. The van der Waals surface area contributed by atoms with E-state index in [2.05, 4.69) is 6.58 Å². The first kappa shape index (κ1) is 11.4. The number of rotatable bonds is 3. The minimum Gasteiger partial charge on any atom is -0.507 e. The first-order valence-electron chi connectivity index (χ1n) is 4.93. The molecule has 0 saturated heterocycles. The van der Waals surface area contributed by atoms with Crippen LogP contribution in [0.1, 0.15) is 30.0 Å². The van der Waals surface area contributed by atoms with Crippen molar-refractivity contribution in [1.82, 2.24) is 0 Å². The van der Waals surface area contributed by atoms with E-state index in [9.17, 15) is 15.3 Å². The molecule has 0 aromatic heterocycles. The molecule has 0 aliphatic carbocycles. The van der Waals surface area contributed by atoms with Crippen molar-refractivity contribution in [1.29, 1.82) is 0 Å². The van der Waals surface area contributed by atoms with Crippen LogP contribution in [0.2, 0.25) is 0 Å². The van der Waals surface area contributed by atoms with Crippen LogP contribution in [0, 0.1) is 6.92 Å². The molecule has 0 atom stereocenters. The molecule has 3 heteroatoms. The lowest BCUT2D eigenvalue weighted by molar-refractivity contribution is 0.389. The van der Waals surface area contributed by atoms with Gasteiger partial charge in [0.05, 0.1) is 0 Å². The summed E-state index contributed by atoms with van der Waals surface area (Å²) in [4.78, 5) is 0. The Morgan fingerprint density at radius 1 is 1.13 bits per heavy atom. The molecular formula is C12H16O3. The van der Waals surface area contributed by atoms with E-state index in [-0.39, 0.29) is 17.2 Å². The lowest BCUT2D eigenvalue weighted by Gasteiger charge is -2.14. The molecule has 0 heterocycles. The summed E-state index contributed by atoms with van der Waals surface area (Å²) < 4.78 is 0. The van der Waals surface area contributed by atoms with Crippen LogP contribution in [0.5, 0.6) is 17.2 Å². The van der Waals surface area contributed by atoms with Crippen molar-refractivity contribution >= 4 is 6.08 Å². The van der Waals surface area contributed by atoms with E-state index in [0.717, 1.165) is 6.42 Å². The van der Waals surface area contributed by atoms with Gasteiger partial charge in [-0.1, -0.05) is 26.0 Å². The van der Waals surface area contributed by atoms with E-state index in [1.165, 1.54) is 6.08 Å². The highest BCUT2D eigenvalue weighted by Gasteiger charge is 2.18. The monoisotopic (exact) mass is 208 g/mol. The molecule has 1 rings (SSSR count). The molecule has 0 unspecified atom stereocenters. The predicted molar refractivity (Wildman–Crippen MR) is 60.3 cm³/mol. The van der Waals surface area contributed by atoms with Gasteiger partial charge < -0.3 is 15.3 Å². The summed E-state index contributed by atoms with van der Waals surface area (Å²) in [6.07, 6.45) is 2.93. The van der Waals surface area contributed by atoms with Gasteiger partial charge in [0.15, 0.2) is 11.5 Å². The Hall–Kier alpha value is -1.64. The Morgan fingerprint density at radius 2 is 1.73 bits per heavy atom. The van der Waals surface area contributed by atoms with Crippen molar-refractivity contribution in [3.8, 4) is 17.2 Å². The zero-order chi connectivity index (χ0) is 11.6. The molecule has 0 aliphatic rings. The fourth-order valence-corrected chi connectivity index (χ4v) is 1.64. The summed E-state index contributed by atoms with van der Waals surface area (Å²) >= 11 is 0. The SMILES string of the molecule is C=Cc1c(O)c(O)c(C)c(O)c1CCC. The Balaban J connectivity index is 3.54. The average Bonchev–Trinajstić information content (AvgIpc) is 2.24. The van der Waals surface area contributed by atoms with Crippen LogP contribution in [-0.2, 0) is 6.42 Å². The smallest absolute Gasteiger partial charge is 0.165 e. The summed E-state index contributed by atoms with van der Waals surface area (Å²) in [6, 6.07) is 0. The van der Waals surface area contributed by atoms with Gasteiger partial charge in [0.2, 0.25) is 0 Å². The van der Waals surface area contributed by atoms with Crippen LogP contribution < -0.4 is 0 Å². The van der Waals surface area contributed by atoms with Crippen molar-refractivity contribution in [3.63, 3.8) is 0 Å². The number of benzene rings is 1. The third-order valence-corrected chi connectivity index (χ3v) is 2.50. The second-order valence-corrected chi connectivity index (χ2v) is 3.52. The topological polar surface area (TPSA) is 60.7 Å². The third-order valence-electron chi connectivity index (χ3n) is 2.50. The van der Waals surface area contributed by atoms with Gasteiger partial charge in [0, 0.05) is 16.7 Å². The largest absolute Gasteiger partial charge is 0.507 e. The van der Waals surface area contributed by atoms with E-state index >= 15 is 0 Å². The zero-order valence-electron chi connectivity index (χ0n) is 9.04. The molecule has 0 radical (unpaired) electrons. The van der Waals surface area contributed by atoms with E-state index in [1.54, 1.807) is 6.92 Å². The first-order valence-corrected chi connectivity index (χ1v) is 4.93. The quantitative estimate of drug-likeness (QED) is 0.528. The van der Waals surface area contributed by atoms with Gasteiger partial charge in [0.25, 0.3) is 0 Å². The molecule has 0 aliphatic heterocycles. The van der Waals surface area contributed by atoms with Gasteiger partial charge >= 0.3 is 0 Å². The van der Waals surface area contributed by atoms with E-state index < -0.39 is 0 Å². The fourth-order valence-electron chi connectivity index (χ4n) is 1.64. The Bertz CT molecular complexity index is 395. The lowest BCUT2D eigenvalue weighted by atomic mass is 9.97. The Labute approximate surface area is 89.3 Å². The second kappa shape index (κ2) is 4.26. The molecule has 3 N–H and O–H groups in total. The van der Waals surface area contributed by atoms with Gasteiger partial charge in [-0.15, -0.1) is 0 Å². The number of hydrogen-bond donors (Lipinski definition) is 3. The minimum atomic E-state index is -0.276. The van der Waals surface area contributed by atoms with Crippen LogP contribution in [0.4, 0.5) is 0 Å². The number of hydrogen-bond acceptors (Lipinski definition) is 3. The van der Waals surface area contributed by atoms with Crippen LogP contribution in [0.25, 0.3) is 6.08 Å². The van der Waals surface area contributed by atoms with Crippen molar-refractivity contribution in [2.24, 2.45) is 0 Å². The summed E-state index contributed by atoms with van der Waals surface area (Å²) in [5.74, 6) is -0.437. The summed E-state index contributed by atoms with van der Waals surface area (Å²) in [7, 11) is 0. The number of aromatic hydroxyl groups is 3. The van der Waals surface area contributed by atoms with Gasteiger partial charge in [0.1, 0.15) is 5.75 Å². The fraction of sp³-hybridized carbons (Fsp3) is 0.333. The van der Waals surface area contributed by atoms with Crippen molar-refractivity contribution in [2.75, 3.05) is 0 Å². The van der Waals surface area contributed by atoms with Crippen molar-refractivity contribution in [3.05, 3.63) is 23.3 Å². The zero-order valence-corrected chi connectivity index (χ0v) is 9.04. The maximum atomic E-state index is 9.83. The second-order valence-electron chi connectivity index (χ2n) is 3.52. The van der Waals surface area contributed by atoms with Crippen LogP contribution in [0.15, 0.2) is 6.58 Å². The predicted octanol–water partition coefficient (Wildman–Crippen LogP) is 2.71. The normalized spacial score (nSPS) is 10.3. The van der Waals surface area contributed by atoms with Gasteiger partial charge in [-0.3, -0.25) is 0 Å². The highest BCUT2D eigenvalue weighted by molar-refractivity contribution is 5.70. The molecule has 1 aromatic rings. The van der Waals surface area contributed by atoms with Crippen molar-refractivity contribution in [2.45, 2.75) is 26.7 Å². The third kappa shape index (κ3) is 1.77. The highest BCUT2D eigenvalue weighted by Crippen LogP contribution is 2.42. The molecule has 3 nitrogen and oxygen atoms in total. The number of phenolic OH excluding ortho intramolecular Hbond substituents is 3. The van der Waals surface area contributed by atoms with Gasteiger partial charge in [-0.25, -0.2) is 0 Å². The summed E-state index contributed by atoms with van der Waals surface area (Å²) in [5.41, 5.74) is 1.36. The molecular weight excluding hydrogens is 192 g/mol. The van der Waals surface area contributed by atoms with E-state index in [0.29, 0.717) is 23.1 Å². The molecule has 0 saturated carbocycles. The molecule has 15 heavy (non-hydrogen) atoms. The molecule has 0 fully saturated rings. The number of phenols is 3. The summed E-state index contributed by atoms with van der Waals surface area (Å²) in [6.45, 7) is 7.11. The Morgan fingerprint density at radius 3 is 2.20 bits per heavy atom. The van der Waals surface area contributed by atoms with Crippen LogP contribution in [0.3, 0.4) is 0 Å². The molecule has 0 amide bonds. The van der Waals surface area contributed by atoms with E-state index in [1.807, 2.05) is 6.92 Å².